The van der Waals surface area contributed by atoms with Crippen molar-refractivity contribution in [2.45, 2.75) is 22.1 Å². The van der Waals surface area contributed by atoms with Gasteiger partial charge in [-0.05, 0) is 30.7 Å². The number of benzene rings is 2. The van der Waals surface area contributed by atoms with Crippen LogP contribution >= 0.6 is 35.1 Å². The van der Waals surface area contributed by atoms with Crippen LogP contribution in [-0.4, -0.2) is 24.2 Å². The van der Waals surface area contributed by atoms with Crippen LogP contribution in [0.5, 0.6) is 0 Å². The fraction of sp³-hybridized carbons (Fsp3) is 0.222. The fourth-order valence-corrected chi connectivity index (χ4v) is 4.51. The first-order valence-corrected chi connectivity index (χ1v) is 10.6. The summed E-state index contributed by atoms with van der Waals surface area (Å²) in [6.45, 7) is 0. The number of hydrogen-bond acceptors (Lipinski definition) is 4. The van der Waals surface area contributed by atoms with Gasteiger partial charge in [-0.3, -0.25) is 9.59 Å². The highest BCUT2D eigenvalue weighted by Gasteiger charge is 2.45. The van der Waals surface area contributed by atoms with Crippen molar-refractivity contribution < 1.29 is 35.9 Å². The molecule has 1 amide bonds. The highest BCUT2D eigenvalue weighted by molar-refractivity contribution is 7.99. The van der Waals surface area contributed by atoms with Gasteiger partial charge in [-0.15, -0.1) is 23.5 Å². The number of primary amides is 1. The Balaban J connectivity index is 2.97. The minimum absolute atomic E-state index is 0.225. The molecule has 0 aliphatic carbocycles. The lowest BCUT2D eigenvalue weighted by molar-refractivity contribution is -0.147. The van der Waals surface area contributed by atoms with Gasteiger partial charge in [-0.1, -0.05) is 17.7 Å². The molecule has 0 unspecified atom stereocenters. The van der Waals surface area contributed by atoms with Crippen LogP contribution in [-0.2, 0) is 12.4 Å². The molecule has 0 saturated carbocycles. The quantitative estimate of drug-likeness (QED) is 0.312. The lowest BCUT2D eigenvalue weighted by Crippen LogP contribution is -2.21. The zero-order valence-electron chi connectivity index (χ0n) is 15.2. The molecule has 0 aliphatic rings. The maximum absolute atomic E-state index is 13.9. The van der Waals surface area contributed by atoms with Gasteiger partial charge in [0.2, 0.25) is 5.91 Å². The van der Waals surface area contributed by atoms with Gasteiger partial charge < -0.3 is 5.73 Å². The summed E-state index contributed by atoms with van der Waals surface area (Å²) in [7, 11) is 0. The molecule has 2 aromatic carbocycles. The molecule has 2 rings (SSSR count). The van der Waals surface area contributed by atoms with Crippen molar-refractivity contribution in [3.8, 4) is 0 Å². The summed E-state index contributed by atoms with van der Waals surface area (Å²) < 4.78 is 82.0. The molecular formula is C18H12ClF6NO2S2. The number of carbonyl (C=O) groups is 2. The molecule has 162 valence electrons. The third-order valence-corrected chi connectivity index (χ3v) is 5.99. The first-order valence-electron chi connectivity index (χ1n) is 7.82. The van der Waals surface area contributed by atoms with E-state index in [9.17, 15) is 35.9 Å². The Hall–Kier alpha value is -1.85. The molecule has 12 heteroatoms. The van der Waals surface area contributed by atoms with Gasteiger partial charge in [-0.25, -0.2) is 0 Å². The lowest BCUT2D eigenvalue weighted by atomic mass is 9.94. The number of ketones is 1. The number of nitrogens with two attached hydrogens (primary N) is 1. The summed E-state index contributed by atoms with van der Waals surface area (Å²) in [6.07, 6.45) is -8.06. The second kappa shape index (κ2) is 8.72. The summed E-state index contributed by atoms with van der Waals surface area (Å²) >= 11 is 6.77. The lowest BCUT2D eigenvalue weighted by Gasteiger charge is -2.23. The van der Waals surface area contributed by atoms with Gasteiger partial charge in [0.25, 0.3) is 0 Å². The van der Waals surface area contributed by atoms with Crippen LogP contribution in [0.25, 0.3) is 0 Å². The normalized spacial score (nSPS) is 12.2. The molecule has 3 nitrogen and oxygen atoms in total. The molecule has 0 spiro atoms. The first kappa shape index (κ1) is 24.4. The zero-order chi connectivity index (χ0) is 23.0. The number of thioether (sulfide) groups is 2. The molecule has 2 N–H and O–H groups in total. The Labute approximate surface area is 180 Å². The van der Waals surface area contributed by atoms with Crippen LogP contribution in [0.2, 0.25) is 5.02 Å². The molecule has 30 heavy (non-hydrogen) atoms. The standard InChI is InChI=1S/C18H12ClF6NO2S2/c1-29-10-6-9(17(20,21)22)15(30-2)12(18(23,24)25)11(10)14(27)7-4-3-5-8(13(7)19)16(26)28/h3-6H,1-2H3,(H2,26,28). The molecule has 0 radical (unpaired) electrons. The summed E-state index contributed by atoms with van der Waals surface area (Å²) in [5, 5.41) is -0.485. The van der Waals surface area contributed by atoms with Crippen molar-refractivity contribution in [2.24, 2.45) is 5.73 Å². The predicted octanol–water partition coefficient (Wildman–Crippen LogP) is 6.15. The Bertz CT molecular complexity index is 1020. The van der Waals surface area contributed by atoms with Gasteiger partial charge in [0, 0.05) is 20.9 Å². The number of alkyl halides is 6. The molecule has 2 aromatic rings. The highest BCUT2D eigenvalue weighted by atomic mass is 35.5. The number of hydrogen-bond donors (Lipinski definition) is 1. The van der Waals surface area contributed by atoms with E-state index in [1.54, 1.807) is 0 Å². The summed E-state index contributed by atoms with van der Waals surface area (Å²) in [6, 6.07) is 3.93. The van der Waals surface area contributed by atoms with Crippen LogP contribution in [0.4, 0.5) is 26.3 Å². The first-order chi connectivity index (χ1) is 13.8. The second-order valence-electron chi connectivity index (χ2n) is 5.77. The molecule has 0 fully saturated rings. The molecule has 0 aromatic heterocycles. The van der Waals surface area contributed by atoms with Gasteiger partial charge in [0.1, 0.15) is 0 Å². The van der Waals surface area contributed by atoms with Crippen LogP contribution < -0.4 is 5.73 Å². The van der Waals surface area contributed by atoms with Gasteiger partial charge in [-0.2, -0.15) is 26.3 Å². The monoisotopic (exact) mass is 487 g/mol. The zero-order valence-corrected chi connectivity index (χ0v) is 17.6. The maximum Gasteiger partial charge on any atom is 0.418 e. The molecule has 0 heterocycles. The number of amides is 1. The summed E-state index contributed by atoms with van der Waals surface area (Å²) in [4.78, 5) is 22.9. The maximum atomic E-state index is 13.9. The molecule has 0 atom stereocenters. The minimum Gasteiger partial charge on any atom is -0.366 e. The fourth-order valence-electron chi connectivity index (χ4n) is 2.75. The van der Waals surface area contributed by atoms with E-state index in [2.05, 4.69) is 0 Å². The van der Waals surface area contributed by atoms with Crippen molar-refractivity contribution in [3.05, 3.63) is 57.1 Å². The van der Waals surface area contributed by atoms with Crippen LogP contribution in [0.3, 0.4) is 0 Å². The van der Waals surface area contributed by atoms with E-state index in [4.69, 9.17) is 17.3 Å². The van der Waals surface area contributed by atoms with E-state index < -0.39 is 61.1 Å². The smallest absolute Gasteiger partial charge is 0.366 e. The predicted molar refractivity (Wildman–Crippen MR) is 103 cm³/mol. The molecular weight excluding hydrogens is 476 g/mol. The SMILES string of the molecule is CSc1cc(C(F)(F)F)c(SC)c(C(F)(F)F)c1C(=O)c1cccc(C(N)=O)c1Cl. The van der Waals surface area contributed by atoms with Crippen LogP contribution in [0, 0.1) is 0 Å². The Morgan fingerprint density at radius 2 is 1.53 bits per heavy atom. The summed E-state index contributed by atoms with van der Waals surface area (Å²) in [5.41, 5.74) is 0.167. The average Bonchev–Trinajstić information content (AvgIpc) is 2.64. The van der Waals surface area contributed by atoms with Gasteiger partial charge >= 0.3 is 12.4 Å². The van der Waals surface area contributed by atoms with E-state index in [1.165, 1.54) is 18.4 Å². The third-order valence-electron chi connectivity index (χ3n) is 3.99. The van der Waals surface area contributed by atoms with Gasteiger partial charge in [0.05, 0.1) is 21.7 Å². The second-order valence-corrected chi connectivity index (χ2v) is 7.81. The van der Waals surface area contributed by atoms with E-state index in [-0.39, 0.29) is 17.3 Å². The number of halogens is 7. The number of carbonyl (C=O) groups excluding carboxylic acids is 2. The minimum atomic E-state index is -5.27. The van der Waals surface area contributed by atoms with E-state index in [0.717, 1.165) is 12.3 Å². The largest absolute Gasteiger partial charge is 0.418 e. The molecule has 0 aliphatic heterocycles. The average molecular weight is 488 g/mol. The topological polar surface area (TPSA) is 60.2 Å². The third kappa shape index (κ3) is 4.57. The Morgan fingerprint density at radius 3 is 1.97 bits per heavy atom. The highest BCUT2D eigenvalue weighted by Crippen LogP contribution is 2.48. The van der Waals surface area contributed by atoms with Crippen LogP contribution in [0.15, 0.2) is 34.1 Å². The van der Waals surface area contributed by atoms with Crippen molar-refractivity contribution >= 4 is 46.8 Å². The van der Waals surface area contributed by atoms with E-state index in [1.807, 2.05) is 0 Å². The van der Waals surface area contributed by atoms with Crippen molar-refractivity contribution in [3.63, 3.8) is 0 Å². The summed E-state index contributed by atoms with van der Waals surface area (Å²) in [5.74, 6) is -2.29. The Kier molecular flexibility index (Phi) is 7.10. The molecule has 0 saturated heterocycles. The Morgan fingerprint density at radius 1 is 0.967 bits per heavy atom. The number of rotatable bonds is 5. The van der Waals surface area contributed by atoms with Gasteiger partial charge in [0.15, 0.2) is 5.78 Å². The van der Waals surface area contributed by atoms with E-state index in [0.29, 0.717) is 17.8 Å². The molecule has 0 bridgehead atoms. The van der Waals surface area contributed by atoms with Crippen molar-refractivity contribution in [2.75, 3.05) is 12.5 Å². The van der Waals surface area contributed by atoms with Crippen molar-refractivity contribution in [1.29, 1.82) is 0 Å². The van der Waals surface area contributed by atoms with E-state index >= 15 is 0 Å². The van der Waals surface area contributed by atoms with Crippen molar-refractivity contribution in [1.82, 2.24) is 0 Å². The van der Waals surface area contributed by atoms with Crippen LogP contribution in [0.1, 0.15) is 37.4 Å².